The standard InChI is InChI=1S/C15H26N4O/c1-11(2)19-10-12(8-17-19)15-14(9-16-13-4-5-13)20-7-6-18(15)3/h8,10-11,13-16H,4-7,9H2,1-3H3. The number of ether oxygens (including phenoxy) is 1. The Morgan fingerprint density at radius 3 is 2.90 bits per heavy atom. The Labute approximate surface area is 121 Å². The molecule has 2 fully saturated rings. The quantitative estimate of drug-likeness (QED) is 0.888. The van der Waals surface area contributed by atoms with Crippen molar-refractivity contribution in [1.29, 1.82) is 0 Å². The van der Waals surface area contributed by atoms with Crippen molar-refractivity contribution in [3.8, 4) is 0 Å². The van der Waals surface area contributed by atoms with E-state index in [1.807, 2.05) is 10.9 Å². The first kappa shape index (κ1) is 14.0. The second kappa shape index (κ2) is 5.84. The van der Waals surface area contributed by atoms with Crippen molar-refractivity contribution >= 4 is 0 Å². The van der Waals surface area contributed by atoms with Gasteiger partial charge < -0.3 is 10.1 Å². The summed E-state index contributed by atoms with van der Waals surface area (Å²) in [6, 6.07) is 1.44. The molecule has 5 nitrogen and oxygen atoms in total. The largest absolute Gasteiger partial charge is 0.374 e. The van der Waals surface area contributed by atoms with E-state index in [0.29, 0.717) is 12.1 Å². The van der Waals surface area contributed by atoms with E-state index in [2.05, 4.69) is 42.4 Å². The van der Waals surface area contributed by atoms with Crippen molar-refractivity contribution in [2.75, 3.05) is 26.7 Å². The molecule has 0 amide bonds. The average Bonchev–Trinajstić information content (AvgIpc) is 3.12. The summed E-state index contributed by atoms with van der Waals surface area (Å²) >= 11 is 0. The number of hydrogen-bond acceptors (Lipinski definition) is 4. The maximum absolute atomic E-state index is 6.02. The topological polar surface area (TPSA) is 42.3 Å². The first-order valence-electron chi connectivity index (χ1n) is 7.74. The predicted octanol–water partition coefficient (Wildman–Crippen LogP) is 1.59. The van der Waals surface area contributed by atoms with E-state index < -0.39 is 0 Å². The molecule has 1 aliphatic carbocycles. The minimum Gasteiger partial charge on any atom is -0.374 e. The van der Waals surface area contributed by atoms with Crippen molar-refractivity contribution in [3.63, 3.8) is 0 Å². The molecule has 2 atom stereocenters. The highest BCUT2D eigenvalue weighted by molar-refractivity contribution is 5.14. The summed E-state index contributed by atoms with van der Waals surface area (Å²) in [7, 11) is 2.18. The van der Waals surface area contributed by atoms with Crippen LogP contribution in [0.5, 0.6) is 0 Å². The van der Waals surface area contributed by atoms with Gasteiger partial charge in [-0.25, -0.2) is 0 Å². The van der Waals surface area contributed by atoms with Crippen LogP contribution >= 0.6 is 0 Å². The molecule has 2 aliphatic rings. The van der Waals surface area contributed by atoms with Crippen LogP contribution in [0.2, 0.25) is 0 Å². The lowest BCUT2D eigenvalue weighted by Gasteiger charge is -2.38. The van der Waals surface area contributed by atoms with E-state index in [-0.39, 0.29) is 6.10 Å². The van der Waals surface area contributed by atoms with Crippen LogP contribution in [0, 0.1) is 0 Å². The summed E-state index contributed by atoms with van der Waals surface area (Å²) in [4.78, 5) is 2.39. The van der Waals surface area contributed by atoms with Gasteiger partial charge in [-0.3, -0.25) is 9.58 Å². The van der Waals surface area contributed by atoms with Crippen molar-refractivity contribution in [1.82, 2.24) is 20.0 Å². The van der Waals surface area contributed by atoms with Gasteiger partial charge in [0.2, 0.25) is 0 Å². The van der Waals surface area contributed by atoms with Crippen LogP contribution < -0.4 is 5.32 Å². The van der Waals surface area contributed by atoms with E-state index >= 15 is 0 Å². The highest BCUT2D eigenvalue weighted by atomic mass is 16.5. The lowest BCUT2D eigenvalue weighted by atomic mass is 10.0. The van der Waals surface area contributed by atoms with Gasteiger partial charge in [0.25, 0.3) is 0 Å². The number of nitrogens with zero attached hydrogens (tertiary/aromatic N) is 3. The molecule has 1 saturated carbocycles. The van der Waals surface area contributed by atoms with E-state index in [1.54, 1.807) is 0 Å². The van der Waals surface area contributed by atoms with Gasteiger partial charge in [-0.05, 0) is 33.7 Å². The smallest absolute Gasteiger partial charge is 0.0897 e. The number of morpholine rings is 1. The van der Waals surface area contributed by atoms with Crippen LogP contribution in [0.3, 0.4) is 0 Å². The Balaban J connectivity index is 1.73. The summed E-state index contributed by atoms with van der Waals surface area (Å²) in [5, 5.41) is 8.08. The zero-order valence-electron chi connectivity index (χ0n) is 12.7. The van der Waals surface area contributed by atoms with E-state index in [9.17, 15) is 0 Å². The Bertz CT molecular complexity index is 441. The van der Waals surface area contributed by atoms with Gasteiger partial charge in [-0.15, -0.1) is 0 Å². The third kappa shape index (κ3) is 3.05. The third-order valence-electron chi connectivity index (χ3n) is 4.28. The molecule has 1 N–H and O–H groups in total. The Kier molecular flexibility index (Phi) is 4.10. The summed E-state index contributed by atoms with van der Waals surface area (Å²) < 4.78 is 8.05. The van der Waals surface area contributed by atoms with E-state index in [0.717, 1.165) is 25.7 Å². The van der Waals surface area contributed by atoms with Crippen LogP contribution in [0.25, 0.3) is 0 Å². The molecule has 5 heteroatoms. The van der Waals surface area contributed by atoms with Gasteiger partial charge in [0.05, 0.1) is 24.9 Å². The van der Waals surface area contributed by atoms with Gasteiger partial charge in [-0.1, -0.05) is 0 Å². The summed E-state index contributed by atoms with van der Waals surface area (Å²) in [5.41, 5.74) is 1.27. The van der Waals surface area contributed by atoms with Crippen LogP contribution in [0.15, 0.2) is 12.4 Å². The number of nitrogens with one attached hydrogen (secondary N) is 1. The molecule has 0 aromatic carbocycles. The van der Waals surface area contributed by atoms with E-state index in [1.165, 1.54) is 18.4 Å². The van der Waals surface area contributed by atoms with Gasteiger partial charge in [0.1, 0.15) is 0 Å². The molecule has 2 heterocycles. The minimum absolute atomic E-state index is 0.221. The molecule has 0 radical (unpaired) electrons. The maximum Gasteiger partial charge on any atom is 0.0897 e. The highest BCUT2D eigenvalue weighted by Gasteiger charge is 2.33. The Morgan fingerprint density at radius 1 is 1.45 bits per heavy atom. The van der Waals surface area contributed by atoms with Crippen LogP contribution in [-0.4, -0.2) is 53.6 Å². The first-order valence-corrected chi connectivity index (χ1v) is 7.74. The number of rotatable bonds is 5. The summed E-state index contributed by atoms with van der Waals surface area (Å²) in [6.07, 6.45) is 7.03. The normalized spacial score (nSPS) is 28.2. The fourth-order valence-electron chi connectivity index (χ4n) is 2.86. The second-order valence-electron chi connectivity index (χ2n) is 6.36. The van der Waals surface area contributed by atoms with Crippen molar-refractivity contribution in [2.24, 2.45) is 0 Å². The SMILES string of the molecule is CC(C)n1cc(C2C(CNC3CC3)OCCN2C)cn1. The Hall–Kier alpha value is -0.910. The molecule has 3 rings (SSSR count). The first-order chi connectivity index (χ1) is 9.65. The molecule has 0 spiro atoms. The zero-order valence-corrected chi connectivity index (χ0v) is 12.7. The molecule has 0 bridgehead atoms. The fourth-order valence-corrected chi connectivity index (χ4v) is 2.86. The zero-order chi connectivity index (χ0) is 14.1. The lowest BCUT2D eigenvalue weighted by Crippen LogP contribution is -2.47. The number of hydrogen-bond donors (Lipinski definition) is 1. The fraction of sp³-hybridized carbons (Fsp3) is 0.800. The molecule has 1 saturated heterocycles. The monoisotopic (exact) mass is 278 g/mol. The maximum atomic E-state index is 6.02. The molecule has 1 aromatic rings. The van der Waals surface area contributed by atoms with Crippen LogP contribution in [0.4, 0.5) is 0 Å². The molecular formula is C15H26N4O. The van der Waals surface area contributed by atoms with Crippen molar-refractivity contribution in [2.45, 2.75) is 50.9 Å². The molecule has 20 heavy (non-hydrogen) atoms. The second-order valence-corrected chi connectivity index (χ2v) is 6.36. The lowest BCUT2D eigenvalue weighted by molar-refractivity contribution is -0.0615. The molecule has 2 unspecified atom stereocenters. The molecule has 112 valence electrons. The molecular weight excluding hydrogens is 252 g/mol. The predicted molar refractivity (Wildman–Crippen MR) is 78.7 cm³/mol. The average molecular weight is 278 g/mol. The summed E-state index contributed by atoms with van der Waals surface area (Å²) in [6.45, 7) is 7.06. The van der Waals surface area contributed by atoms with E-state index in [4.69, 9.17) is 4.74 Å². The van der Waals surface area contributed by atoms with Gasteiger partial charge in [0.15, 0.2) is 0 Å². The van der Waals surface area contributed by atoms with Gasteiger partial charge >= 0.3 is 0 Å². The van der Waals surface area contributed by atoms with Crippen molar-refractivity contribution < 1.29 is 4.74 Å². The van der Waals surface area contributed by atoms with Gasteiger partial charge in [-0.2, -0.15) is 5.10 Å². The molecule has 1 aliphatic heterocycles. The van der Waals surface area contributed by atoms with Crippen LogP contribution in [-0.2, 0) is 4.74 Å². The van der Waals surface area contributed by atoms with Crippen molar-refractivity contribution in [3.05, 3.63) is 18.0 Å². The Morgan fingerprint density at radius 2 is 2.25 bits per heavy atom. The third-order valence-corrected chi connectivity index (χ3v) is 4.28. The minimum atomic E-state index is 0.221. The highest BCUT2D eigenvalue weighted by Crippen LogP contribution is 2.29. The molecule has 1 aromatic heterocycles. The number of aromatic nitrogens is 2. The van der Waals surface area contributed by atoms with Gasteiger partial charge in [0, 0.05) is 36.9 Å². The van der Waals surface area contributed by atoms with Crippen LogP contribution in [0.1, 0.15) is 44.3 Å². The number of likely N-dealkylation sites (N-methyl/N-ethyl adjacent to an activating group) is 1. The summed E-state index contributed by atoms with van der Waals surface area (Å²) in [5.74, 6) is 0.